The van der Waals surface area contributed by atoms with Crippen LogP contribution in [-0.2, 0) is 14.6 Å². The zero-order valence-corrected chi connectivity index (χ0v) is 23.4. The first-order valence-electron chi connectivity index (χ1n) is 14.2. The van der Waals surface area contributed by atoms with Gasteiger partial charge in [0.25, 0.3) is 0 Å². The number of anilines is 1. The normalized spacial score (nSPS) is 27.4. The minimum absolute atomic E-state index is 0.0739. The summed E-state index contributed by atoms with van der Waals surface area (Å²) >= 11 is 0. The lowest BCUT2D eigenvalue weighted by Gasteiger charge is -2.31. The van der Waals surface area contributed by atoms with Gasteiger partial charge in [0.1, 0.15) is 11.4 Å². The van der Waals surface area contributed by atoms with E-state index in [2.05, 4.69) is 21.3 Å². The number of carbonyl (C=O) groups is 1. The van der Waals surface area contributed by atoms with Gasteiger partial charge in [0.2, 0.25) is 5.91 Å². The minimum Gasteiger partial charge on any atom is -0.369 e. The molecule has 0 spiro atoms. The van der Waals surface area contributed by atoms with Crippen molar-refractivity contribution in [2.45, 2.75) is 43.6 Å². The van der Waals surface area contributed by atoms with Gasteiger partial charge in [-0.05, 0) is 73.8 Å². The second kappa shape index (κ2) is 9.65. The highest BCUT2D eigenvalue weighted by molar-refractivity contribution is 7.91. The molecule has 7 rings (SSSR count). The van der Waals surface area contributed by atoms with Crippen molar-refractivity contribution in [3.63, 3.8) is 0 Å². The van der Waals surface area contributed by atoms with E-state index in [9.17, 15) is 22.9 Å². The fourth-order valence-electron chi connectivity index (χ4n) is 6.51. The fourth-order valence-corrected chi connectivity index (χ4v) is 7.71. The van der Waals surface area contributed by atoms with Crippen molar-refractivity contribution in [3.8, 4) is 23.0 Å². The van der Waals surface area contributed by atoms with Crippen molar-refractivity contribution in [3.05, 3.63) is 60.3 Å². The molecule has 4 aliphatic rings. The molecule has 41 heavy (non-hydrogen) atoms. The van der Waals surface area contributed by atoms with E-state index in [4.69, 9.17) is 5.10 Å². The van der Waals surface area contributed by atoms with Gasteiger partial charge < -0.3 is 10.2 Å². The Bertz CT molecular complexity index is 1630. The van der Waals surface area contributed by atoms with Crippen molar-refractivity contribution < 1.29 is 17.6 Å². The van der Waals surface area contributed by atoms with Crippen molar-refractivity contribution in [1.82, 2.24) is 20.1 Å². The number of hydrogen-bond donors (Lipinski definition) is 1. The molecule has 2 aromatic heterocycles. The van der Waals surface area contributed by atoms with Gasteiger partial charge >= 0.3 is 0 Å². The number of nitrogens with zero attached hydrogens (tertiary/aromatic N) is 5. The van der Waals surface area contributed by atoms with Gasteiger partial charge in [0, 0.05) is 42.4 Å². The van der Waals surface area contributed by atoms with Crippen LogP contribution in [0.25, 0.3) is 16.9 Å². The van der Waals surface area contributed by atoms with E-state index < -0.39 is 21.2 Å². The lowest BCUT2D eigenvalue weighted by Crippen LogP contribution is -2.43. The van der Waals surface area contributed by atoms with E-state index in [1.54, 1.807) is 10.7 Å². The lowest BCUT2D eigenvalue weighted by molar-refractivity contribution is -0.127. The molecule has 4 fully saturated rings. The van der Waals surface area contributed by atoms with Crippen LogP contribution in [0.2, 0.25) is 0 Å². The number of nitriles is 1. The molecule has 1 aromatic carbocycles. The molecule has 3 aromatic rings. The highest BCUT2D eigenvalue weighted by Gasteiger charge is 2.52. The van der Waals surface area contributed by atoms with Gasteiger partial charge in [-0.25, -0.2) is 22.5 Å². The Morgan fingerprint density at radius 3 is 2.44 bits per heavy atom. The number of nitrogens with one attached hydrogen (secondary N) is 1. The monoisotopic (exact) mass is 574 g/mol. The summed E-state index contributed by atoms with van der Waals surface area (Å²) in [5.41, 5.74) is 2.84. The summed E-state index contributed by atoms with van der Waals surface area (Å²) in [5.74, 6) is 0.957. The van der Waals surface area contributed by atoms with E-state index in [1.807, 2.05) is 30.5 Å². The Balaban J connectivity index is 1.24. The predicted octanol–water partition coefficient (Wildman–Crippen LogP) is 3.61. The second-order valence-corrected chi connectivity index (χ2v) is 14.3. The number of fused-ring (bicyclic) bond motifs is 1. The third-order valence-electron chi connectivity index (χ3n) is 9.26. The Morgan fingerprint density at radius 1 is 1.05 bits per heavy atom. The topological polar surface area (TPSA) is 121 Å². The molecule has 3 aliphatic carbocycles. The van der Waals surface area contributed by atoms with Crippen molar-refractivity contribution in [2.24, 2.45) is 17.8 Å². The molecule has 1 saturated heterocycles. The molecule has 212 valence electrons. The summed E-state index contributed by atoms with van der Waals surface area (Å²) in [7, 11) is -2.97. The van der Waals surface area contributed by atoms with Crippen molar-refractivity contribution in [2.75, 3.05) is 29.5 Å². The highest BCUT2D eigenvalue weighted by Crippen LogP contribution is 2.57. The largest absolute Gasteiger partial charge is 0.369 e. The van der Waals surface area contributed by atoms with Crippen LogP contribution in [0.3, 0.4) is 0 Å². The fraction of sp³-hybridized carbons (Fsp3) is 0.467. The Morgan fingerprint density at radius 2 is 1.78 bits per heavy atom. The summed E-state index contributed by atoms with van der Waals surface area (Å²) in [4.78, 5) is 19.9. The van der Waals surface area contributed by atoms with Gasteiger partial charge in [0.05, 0.1) is 29.5 Å². The second-order valence-electron chi connectivity index (χ2n) is 12.0. The van der Waals surface area contributed by atoms with Crippen LogP contribution >= 0.6 is 0 Å². The molecule has 3 heterocycles. The average molecular weight is 575 g/mol. The maximum absolute atomic E-state index is 13.6. The molecule has 1 N–H and O–H groups in total. The van der Waals surface area contributed by atoms with Gasteiger partial charge in [0.15, 0.2) is 15.7 Å². The quantitative estimate of drug-likeness (QED) is 0.478. The predicted molar refractivity (Wildman–Crippen MR) is 150 cm³/mol. The zero-order valence-electron chi connectivity index (χ0n) is 22.5. The van der Waals surface area contributed by atoms with Crippen LogP contribution < -0.4 is 10.2 Å². The number of pyridine rings is 1. The number of hydrogen-bond acceptors (Lipinski definition) is 7. The summed E-state index contributed by atoms with van der Waals surface area (Å²) < 4.78 is 39.1. The number of aromatic nitrogens is 3. The van der Waals surface area contributed by atoms with Crippen molar-refractivity contribution >= 4 is 21.4 Å². The van der Waals surface area contributed by atoms with Gasteiger partial charge in [-0.3, -0.25) is 4.79 Å². The van der Waals surface area contributed by atoms with E-state index in [1.165, 1.54) is 6.07 Å². The van der Waals surface area contributed by atoms with Gasteiger partial charge in [-0.15, -0.1) is 0 Å². The molecule has 0 radical (unpaired) electrons. The molecule has 1 amide bonds. The Labute approximate surface area is 238 Å². The average Bonchev–Trinajstić information content (AvgIpc) is 3.88. The van der Waals surface area contributed by atoms with E-state index in [0.717, 1.165) is 48.0 Å². The summed E-state index contributed by atoms with van der Waals surface area (Å²) in [6.07, 6.45) is 7.16. The Kier molecular flexibility index (Phi) is 6.15. The molecule has 3 saturated carbocycles. The third kappa shape index (κ3) is 5.10. The molecular weight excluding hydrogens is 543 g/mol. The molecule has 4 atom stereocenters. The van der Waals surface area contributed by atoms with Crippen LogP contribution in [0.4, 0.5) is 10.1 Å². The van der Waals surface area contributed by atoms with E-state index in [-0.39, 0.29) is 29.2 Å². The van der Waals surface area contributed by atoms with E-state index >= 15 is 0 Å². The molecule has 0 bridgehead atoms. The number of sulfone groups is 1. The molecular formula is C30H31FN6O3S. The summed E-state index contributed by atoms with van der Waals surface area (Å²) in [6, 6.07) is 13.2. The standard InChI is InChI=1S/C30H31FN6O3S/c31-22-3-6-27(33-16-22)37-17-26(19-1-4-23(5-2-19)36-9-11-41(39,40)12-10-36)28(35-37)24-14-20-13-21(20)15-25(24)29(38)34-30(18-32)7-8-30/h1-6,16-17,20-21,24-25H,7-15H2,(H,34,38)/t20?,21?,24-,25-/m1/s1. The van der Waals surface area contributed by atoms with Gasteiger partial charge in [-0.2, -0.15) is 10.4 Å². The number of halogens is 1. The highest BCUT2D eigenvalue weighted by atomic mass is 32.2. The van der Waals surface area contributed by atoms with Crippen LogP contribution in [0, 0.1) is 34.9 Å². The number of carbonyl (C=O) groups excluding carboxylic acids is 1. The third-order valence-corrected chi connectivity index (χ3v) is 10.9. The maximum Gasteiger partial charge on any atom is 0.225 e. The van der Waals surface area contributed by atoms with E-state index in [0.29, 0.717) is 43.6 Å². The lowest BCUT2D eigenvalue weighted by atomic mass is 9.75. The molecule has 9 nitrogen and oxygen atoms in total. The van der Waals surface area contributed by atoms with Crippen LogP contribution in [0.15, 0.2) is 48.8 Å². The Hall–Kier alpha value is -3.78. The minimum atomic E-state index is -2.97. The smallest absolute Gasteiger partial charge is 0.225 e. The first-order chi connectivity index (χ1) is 19.7. The number of amides is 1. The van der Waals surface area contributed by atoms with Crippen LogP contribution in [-0.4, -0.2) is 59.2 Å². The SMILES string of the molecule is N#CC1(NC(=O)[C@@H]2CC3CC3C[C@H]2c2nn(-c3ccc(F)cn3)cc2-c2ccc(N3CCS(=O)(=O)CC3)cc2)CC1. The van der Waals surface area contributed by atoms with Crippen LogP contribution in [0.1, 0.15) is 43.7 Å². The molecule has 2 unspecified atom stereocenters. The first kappa shape index (κ1) is 26.1. The maximum atomic E-state index is 13.6. The molecule has 11 heteroatoms. The summed E-state index contributed by atoms with van der Waals surface area (Å²) in [6.45, 7) is 0.930. The summed E-state index contributed by atoms with van der Waals surface area (Å²) in [5, 5.41) is 17.6. The zero-order chi connectivity index (χ0) is 28.4. The van der Waals surface area contributed by atoms with Crippen LogP contribution in [0.5, 0.6) is 0 Å². The van der Waals surface area contributed by atoms with Crippen molar-refractivity contribution in [1.29, 1.82) is 5.26 Å². The van der Waals surface area contributed by atoms with Gasteiger partial charge in [-0.1, -0.05) is 12.1 Å². The first-order valence-corrected chi connectivity index (χ1v) is 16.1. The number of benzene rings is 1. The number of rotatable bonds is 6. The molecule has 1 aliphatic heterocycles.